The van der Waals surface area contributed by atoms with Gasteiger partial charge >= 0.3 is 20.4 Å². The molecule has 4 amide bonds. The standard InChI is InChI=1S/2C36H47ClN4O7S.CH4/c2*1-39(2)49(46,47)38-34(44)36(45)20-33(43)40(3)17-6-4-5-9-31(42)28-13-10-25(28)21-41-22-35(23-48-32-15-11-26(36)19-30(32)41)16-7-8-24-18-27(37)12-14-29(24)35;/h2*5,9,11-12,14-15,18-19,25,28,31,42,45H,4,6-8,10,13,16-17,20-23H2,1-3H3,(H,38,44);1H4/b2*9-5+;/t25-,28+,31-,35-,36+;25-,28+,31-,35-,36-;/m00./s1. The number of hydrogen-bond acceptors (Lipinski definition) is 16. The summed E-state index contributed by atoms with van der Waals surface area (Å²) in [7, 11) is -0.332. The summed E-state index contributed by atoms with van der Waals surface area (Å²) >= 11 is 12.8. The van der Waals surface area contributed by atoms with Crippen molar-refractivity contribution in [2.45, 2.75) is 144 Å². The summed E-state index contributed by atoms with van der Waals surface area (Å²) in [6.07, 6.45) is 16.8. The lowest BCUT2D eigenvalue weighted by atomic mass is 9.68. The third-order valence-corrected chi connectivity index (χ3v) is 25.3. The van der Waals surface area contributed by atoms with Crippen molar-refractivity contribution >= 4 is 78.6 Å². The van der Waals surface area contributed by atoms with Crippen molar-refractivity contribution in [3.05, 3.63) is 141 Å². The van der Waals surface area contributed by atoms with E-state index in [1.54, 1.807) is 38.4 Å². The summed E-state index contributed by atoms with van der Waals surface area (Å²) in [5.41, 5.74) is 0.405. The largest absolute Gasteiger partial charge is 0.490 e. The Bertz CT molecular complexity index is 3720. The molecule has 0 unspecified atom stereocenters. The van der Waals surface area contributed by atoms with Gasteiger partial charge in [-0.25, -0.2) is 9.44 Å². The molecule has 6 N–H and O–H groups in total. The smallest absolute Gasteiger partial charge is 0.303 e. The van der Waals surface area contributed by atoms with Crippen LogP contribution in [-0.4, -0.2) is 186 Å². The summed E-state index contributed by atoms with van der Waals surface area (Å²) in [4.78, 5) is 62.1. The Kier molecular flexibility index (Phi) is 23.1. The Morgan fingerprint density at radius 1 is 0.576 bits per heavy atom. The molecule has 0 saturated heterocycles. The summed E-state index contributed by atoms with van der Waals surface area (Å²) < 4.78 is 69.9. The van der Waals surface area contributed by atoms with Gasteiger partial charge < -0.3 is 49.5 Å². The van der Waals surface area contributed by atoms with Gasteiger partial charge in [0.05, 0.1) is 49.6 Å². The van der Waals surface area contributed by atoms with Gasteiger partial charge in [0.1, 0.15) is 11.5 Å². The Balaban J connectivity index is 0.000000212. The predicted octanol–water partition coefficient (Wildman–Crippen LogP) is 7.65. The van der Waals surface area contributed by atoms with Gasteiger partial charge in [-0.15, -0.1) is 0 Å². The quantitative estimate of drug-likeness (QED) is 0.101. The molecule has 99 heavy (non-hydrogen) atoms. The molecule has 4 aliphatic carbocycles. The number of carbonyl (C=O) groups excluding carboxylic acids is 4. The van der Waals surface area contributed by atoms with Crippen LogP contribution in [0.25, 0.3) is 0 Å². The molecule has 10 atom stereocenters. The van der Waals surface area contributed by atoms with Crippen LogP contribution in [0.3, 0.4) is 0 Å². The highest BCUT2D eigenvalue weighted by molar-refractivity contribution is 7.88. The molecular weight excluding hydrogens is 1350 g/mol. The number of benzene rings is 4. The number of halogens is 2. The fourth-order valence-corrected chi connectivity index (χ4v) is 17.2. The minimum absolute atomic E-state index is 0. The SMILES string of the molecule is C.CN1CCC/C=C/[C@H](O)[C@@H]2CC[C@H]2CN2C[C@@]3(CCCc4cc(Cl)ccc43)COc3ccc(cc32)[C@@](O)(C(=O)NS(=O)(=O)N(C)C)CC1=O.CN1CCC/C=C/[C@H](O)[C@@H]2CC[C@H]2CN2C[C@@]3(CCCc4cc(Cl)ccc43)COc3ccc(cc32)[C@](O)(C(=O)NS(=O)(=O)N(C)C)CC1=O. The maximum atomic E-state index is 13.8. The summed E-state index contributed by atoms with van der Waals surface area (Å²) in [5, 5.41) is 48.2. The fraction of sp³-hybridized carbons (Fsp3) is 0.562. The molecular formula is C73H98Cl2N8O14S2. The van der Waals surface area contributed by atoms with Crippen LogP contribution < -0.4 is 28.7 Å². The molecule has 540 valence electrons. The molecule has 2 saturated carbocycles. The van der Waals surface area contributed by atoms with E-state index in [1.807, 2.05) is 58.0 Å². The number of anilines is 2. The summed E-state index contributed by atoms with van der Waals surface area (Å²) in [6, 6.07) is 21.9. The Morgan fingerprint density at radius 3 is 1.33 bits per heavy atom. The number of allylic oxidation sites excluding steroid dienone is 2. The summed E-state index contributed by atoms with van der Waals surface area (Å²) in [6.45, 7) is 3.85. The van der Waals surface area contributed by atoms with Gasteiger partial charge in [-0.05, 0) is 195 Å². The third-order valence-electron chi connectivity index (χ3n) is 22.0. The zero-order chi connectivity index (χ0) is 70.3. The van der Waals surface area contributed by atoms with Gasteiger partial charge in [0.15, 0.2) is 11.2 Å². The van der Waals surface area contributed by atoms with E-state index in [9.17, 15) is 56.4 Å². The first-order valence-electron chi connectivity index (χ1n) is 34.2. The van der Waals surface area contributed by atoms with Crippen molar-refractivity contribution in [2.75, 3.05) is 105 Å². The number of carbonyl (C=O) groups is 4. The van der Waals surface area contributed by atoms with Gasteiger partial charge in [-0.2, -0.15) is 25.4 Å². The first-order chi connectivity index (χ1) is 46.4. The predicted molar refractivity (Wildman–Crippen MR) is 382 cm³/mol. The second kappa shape index (κ2) is 30.3. The zero-order valence-corrected chi connectivity index (χ0v) is 59.9. The Morgan fingerprint density at radius 2 is 0.970 bits per heavy atom. The average Bonchev–Trinajstić information content (AvgIpc) is 1.73. The van der Waals surface area contributed by atoms with Gasteiger partial charge in [-0.1, -0.05) is 79.2 Å². The van der Waals surface area contributed by atoms with Crippen LogP contribution in [0.1, 0.15) is 131 Å². The molecule has 2 fully saturated rings. The number of aliphatic hydroxyl groups excluding tert-OH is 2. The number of aliphatic hydroxyl groups is 4. The lowest BCUT2D eigenvalue weighted by Gasteiger charge is -2.45. The number of hydrogen-bond donors (Lipinski definition) is 6. The van der Waals surface area contributed by atoms with Crippen LogP contribution in [0.15, 0.2) is 97.1 Å². The van der Waals surface area contributed by atoms with E-state index in [0.29, 0.717) is 111 Å². The zero-order valence-electron chi connectivity index (χ0n) is 56.8. The van der Waals surface area contributed by atoms with E-state index in [0.717, 1.165) is 72.8 Å². The molecule has 4 bridgehead atoms. The van der Waals surface area contributed by atoms with Gasteiger partial charge in [0.2, 0.25) is 11.8 Å². The van der Waals surface area contributed by atoms with E-state index in [4.69, 9.17) is 32.7 Å². The minimum Gasteiger partial charge on any atom is -0.490 e. The van der Waals surface area contributed by atoms with Crippen LogP contribution in [-0.2, 0) is 74.5 Å². The topological polar surface area (TPSA) is 279 Å². The summed E-state index contributed by atoms with van der Waals surface area (Å²) in [5.74, 6) is -1.88. The molecule has 4 heterocycles. The van der Waals surface area contributed by atoms with E-state index in [2.05, 4.69) is 21.9 Å². The number of aryl methyl sites for hydroxylation is 2. The number of amides is 4. The third kappa shape index (κ3) is 15.9. The van der Waals surface area contributed by atoms with Gasteiger partial charge in [-0.3, -0.25) is 19.2 Å². The van der Waals surface area contributed by atoms with E-state index >= 15 is 0 Å². The maximum Gasteiger partial charge on any atom is 0.303 e. The average molecular weight is 1450 g/mol. The molecule has 26 heteroatoms. The Labute approximate surface area is 593 Å². The first-order valence-corrected chi connectivity index (χ1v) is 37.8. The molecule has 4 aromatic carbocycles. The molecule has 2 spiro atoms. The van der Waals surface area contributed by atoms with Crippen LogP contribution in [0.2, 0.25) is 10.0 Å². The monoisotopic (exact) mass is 1440 g/mol. The molecule has 4 aromatic rings. The number of ether oxygens (including phenoxy) is 2. The maximum absolute atomic E-state index is 13.8. The van der Waals surface area contributed by atoms with Crippen molar-refractivity contribution in [3.63, 3.8) is 0 Å². The highest BCUT2D eigenvalue weighted by Gasteiger charge is 2.50. The van der Waals surface area contributed by atoms with E-state index < -0.39 is 80.3 Å². The molecule has 0 radical (unpaired) electrons. The van der Waals surface area contributed by atoms with Crippen molar-refractivity contribution in [1.82, 2.24) is 27.9 Å². The van der Waals surface area contributed by atoms with E-state index in [-0.39, 0.29) is 53.1 Å². The van der Waals surface area contributed by atoms with Gasteiger partial charge in [0.25, 0.3) is 11.8 Å². The van der Waals surface area contributed by atoms with E-state index in [1.165, 1.54) is 72.4 Å². The Hall–Kier alpha value is -6.32. The lowest BCUT2D eigenvalue weighted by Crippen LogP contribution is -2.52. The molecule has 22 nitrogen and oxygen atoms in total. The van der Waals surface area contributed by atoms with Crippen molar-refractivity contribution < 1.29 is 65.9 Å². The van der Waals surface area contributed by atoms with Crippen LogP contribution in [0, 0.1) is 23.7 Å². The van der Waals surface area contributed by atoms with Gasteiger partial charge in [0, 0.05) is 102 Å². The molecule has 4 aliphatic heterocycles. The van der Waals surface area contributed by atoms with Crippen LogP contribution in [0.4, 0.5) is 11.4 Å². The second-order valence-electron chi connectivity index (χ2n) is 28.8. The lowest BCUT2D eigenvalue weighted by molar-refractivity contribution is -0.148. The fourth-order valence-electron chi connectivity index (χ4n) is 15.7. The molecule has 0 aromatic heterocycles. The van der Waals surface area contributed by atoms with Crippen molar-refractivity contribution in [3.8, 4) is 11.5 Å². The number of rotatable bonds is 6. The molecule has 12 rings (SSSR count). The molecule has 8 aliphatic rings. The van der Waals surface area contributed by atoms with Crippen molar-refractivity contribution in [2.24, 2.45) is 23.7 Å². The normalized spacial score (nSPS) is 29.6. The second-order valence-corrected chi connectivity index (χ2v) is 33.5. The van der Waals surface area contributed by atoms with Crippen molar-refractivity contribution in [1.29, 1.82) is 0 Å². The highest BCUT2D eigenvalue weighted by atomic mass is 35.5. The minimum atomic E-state index is -4.29. The number of fused-ring (bicyclic) bond motifs is 8. The van der Waals surface area contributed by atoms with Crippen LogP contribution in [0.5, 0.6) is 11.5 Å². The number of nitrogens with zero attached hydrogens (tertiary/aromatic N) is 6. The first kappa shape index (κ1) is 75.3. The van der Waals surface area contributed by atoms with Crippen LogP contribution >= 0.6 is 23.2 Å². The number of nitrogens with one attached hydrogen (secondary N) is 2. The highest BCUT2D eigenvalue weighted by Crippen LogP contribution is 2.50.